The second-order valence-electron chi connectivity index (χ2n) is 7.35. The highest BCUT2D eigenvalue weighted by atomic mass is 32.2. The number of nitrogens with zero attached hydrogens (tertiary/aromatic N) is 3. The van der Waals surface area contributed by atoms with Crippen molar-refractivity contribution in [3.05, 3.63) is 35.7 Å². The third kappa shape index (κ3) is 3.67. The minimum absolute atomic E-state index is 0.0965. The lowest BCUT2D eigenvalue weighted by Gasteiger charge is -2.33. The first kappa shape index (κ1) is 19.7. The monoisotopic (exact) mass is 425 g/mol. The smallest absolute Gasteiger partial charge is 0.243 e. The number of aryl methyl sites for hydroxylation is 1. The van der Waals surface area contributed by atoms with E-state index in [0.29, 0.717) is 31.7 Å². The summed E-state index contributed by atoms with van der Waals surface area (Å²) >= 11 is 1.53. The zero-order chi connectivity index (χ0) is 19.9. The summed E-state index contributed by atoms with van der Waals surface area (Å²) in [6.45, 7) is 2.79. The molecule has 152 valence electrons. The molecule has 1 fully saturated rings. The molecule has 4 rings (SSSR count). The summed E-state index contributed by atoms with van der Waals surface area (Å²) in [5.41, 5.74) is 1.95. The Balaban J connectivity index is 1.41. The number of rotatable bonds is 5. The first-order valence-corrected chi connectivity index (χ1v) is 11.8. The predicted octanol–water partition coefficient (Wildman–Crippen LogP) is 2.80. The highest BCUT2D eigenvalue weighted by Crippen LogP contribution is 2.32. The molecule has 0 amide bonds. The SMILES string of the molecule is Cc1cnc(SC[C@@H]2CCN(S(=O)(=O)c3ccc4c(c3)CCO4)C[C@H]2F)n1C. The van der Waals surface area contributed by atoms with Crippen LogP contribution in [0.4, 0.5) is 4.39 Å². The Labute approximate surface area is 169 Å². The number of piperidine rings is 1. The van der Waals surface area contributed by atoms with Crippen molar-refractivity contribution in [2.75, 3.05) is 25.4 Å². The Morgan fingerprint density at radius 3 is 2.93 bits per heavy atom. The Kier molecular flexibility index (Phi) is 5.41. The van der Waals surface area contributed by atoms with Gasteiger partial charge in [0.05, 0.1) is 11.5 Å². The second-order valence-corrected chi connectivity index (χ2v) is 10.3. The minimum atomic E-state index is -3.70. The van der Waals surface area contributed by atoms with Gasteiger partial charge in [-0.2, -0.15) is 4.31 Å². The first-order valence-electron chi connectivity index (χ1n) is 9.37. The third-order valence-corrected chi connectivity index (χ3v) is 8.64. The van der Waals surface area contributed by atoms with Crippen molar-refractivity contribution in [2.24, 2.45) is 13.0 Å². The Morgan fingerprint density at radius 2 is 2.21 bits per heavy atom. The molecule has 0 unspecified atom stereocenters. The maximum atomic E-state index is 14.8. The first-order chi connectivity index (χ1) is 13.4. The van der Waals surface area contributed by atoms with Crippen LogP contribution in [0.15, 0.2) is 34.4 Å². The summed E-state index contributed by atoms with van der Waals surface area (Å²) in [5.74, 6) is 1.15. The molecular formula is C19H24FN3O3S2. The maximum absolute atomic E-state index is 14.8. The summed E-state index contributed by atoms with van der Waals surface area (Å²) in [6.07, 6.45) is 1.82. The lowest BCUT2D eigenvalue weighted by molar-refractivity contribution is 0.146. The molecule has 0 saturated carbocycles. The molecule has 1 aromatic carbocycles. The second kappa shape index (κ2) is 7.68. The Bertz CT molecular complexity index is 977. The molecule has 0 spiro atoms. The van der Waals surface area contributed by atoms with Crippen molar-refractivity contribution >= 4 is 21.8 Å². The van der Waals surface area contributed by atoms with E-state index in [-0.39, 0.29) is 17.4 Å². The van der Waals surface area contributed by atoms with Crippen LogP contribution >= 0.6 is 11.8 Å². The van der Waals surface area contributed by atoms with Crippen molar-refractivity contribution < 1.29 is 17.5 Å². The number of fused-ring (bicyclic) bond motifs is 1. The van der Waals surface area contributed by atoms with E-state index in [0.717, 1.165) is 22.2 Å². The van der Waals surface area contributed by atoms with Gasteiger partial charge in [0.25, 0.3) is 0 Å². The van der Waals surface area contributed by atoms with Crippen LogP contribution in [0.25, 0.3) is 0 Å². The summed E-state index contributed by atoms with van der Waals surface area (Å²) in [7, 11) is -1.76. The van der Waals surface area contributed by atoms with Gasteiger partial charge in [0.15, 0.2) is 5.16 Å². The van der Waals surface area contributed by atoms with Crippen LogP contribution in [0.2, 0.25) is 0 Å². The molecule has 2 aliphatic rings. The van der Waals surface area contributed by atoms with Crippen LogP contribution in [0.1, 0.15) is 17.7 Å². The molecule has 2 aromatic rings. The number of hydrogen-bond donors (Lipinski definition) is 0. The fourth-order valence-corrected chi connectivity index (χ4v) is 6.31. The molecule has 0 N–H and O–H groups in total. The number of thioether (sulfide) groups is 1. The summed E-state index contributed by atoms with van der Waals surface area (Å²) in [6, 6.07) is 4.91. The predicted molar refractivity (Wildman–Crippen MR) is 106 cm³/mol. The molecule has 6 nitrogen and oxygen atoms in total. The van der Waals surface area contributed by atoms with E-state index in [1.165, 1.54) is 16.1 Å². The van der Waals surface area contributed by atoms with E-state index in [2.05, 4.69) is 4.98 Å². The number of halogens is 1. The zero-order valence-corrected chi connectivity index (χ0v) is 17.6. The molecule has 1 aromatic heterocycles. The molecule has 0 radical (unpaired) electrons. The van der Waals surface area contributed by atoms with Crippen molar-refractivity contribution in [2.45, 2.75) is 36.0 Å². The summed E-state index contributed by atoms with van der Waals surface area (Å²) in [5, 5.41) is 0.861. The molecule has 0 aliphatic carbocycles. The summed E-state index contributed by atoms with van der Waals surface area (Å²) in [4.78, 5) is 4.56. The van der Waals surface area contributed by atoms with Gasteiger partial charge in [0.1, 0.15) is 11.9 Å². The van der Waals surface area contributed by atoms with Crippen LogP contribution in [0, 0.1) is 12.8 Å². The molecule has 3 heterocycles. The lowest BCUT2D eigenvalue weighted by Crippen LogP contribution is -2.45. The van der Waals surface area contributed by atoms with Crippen molar-refractivity contribution in [1.29, 1.82) is 0 Å². The number of ether oxygens (including phenoxy) is 1. The molecule has 1 saturated heterocycles. The van der Waals surface area contributed by atoms with E-state index in [9.17, 15) is 12.8 Å². The average Bonchev–Trinajstić information content (AvgIpc) is 3.27. The number of sulfonamides is 1. The van der Waals surface area contributed by atoms with Crippen LogP contribution in [0.3, 0.4) is 0 Å². The highest BCUT2D eigenvalue weighted by molar-refractivity contribution is 7.99. The van der Waals surface area contributed by atoms with Crippen LogP contribution in [-0.2, 0) is 23.5 Å². The normalized spacial score (nSPS) is 22.8. The van der Waals surface area contributed by atoms with Crippen molar-refractivity contribution in [1.82, 2.24) is 13.9 Å². The van der Waals surface area contributed by atoms with Crippen molar-refractivity contribution in [3.63, 3.8) is 0 Å². The van der Waals surface area contributed by atoms with Gasteiger partial charge in [-0.25, -0.2) is 17.8 Å². The van der Waals surface area contributed by atoms with Gasteiger partial charge >= 0.3 is 0 Å². The molecule has 2 aliphatic heterocycles. The van der Waals surface area contributed by atoms with Crippen LogP contribution < -0.4 is 4.74 Å². The van der Waals surface area contributed by atoms with Gasteiger partial charge < -0.3 is 9.30 Å². The molecule has 28 heavy (non-hydrogen) atoms. The van der Waals surface area contributed by atoms with E-state index in [1.807, 2.05) is 18.5 Å². The lowest BCUT2D eigenvalue weighted by atomic mass is 9.98. The van der Waals surface area contributed by atoms with Crippen molar-refractivity contribution in [3.8, 4) is 5.75 Å². The Morgan fingerprint density at radius 1 is 1.39 bits per heavy atom. The molecule has 2 atom stereocenters. The quantitative estimate of drug-likeness (QED) is 0.690. The largest absolute Gasteiger partial charge is 0.493 e. The zero-order valence-electron chi connectivity index (χ0n) is 16.0. The standard InChI is InChI=1S/C19H24FN3O3S2/c1-13-10-21-19(22(13)2)27-12-15-5-7-23(11-17(15)20)28(24,25)16-3-4-18-14(9-16)6-8-26-18/h3-4,9-10,15,17H,5-8,11-12H2,1-2H3/t15-,17+/m0/s1. The van der Waals surface area contributed by atoms with E-state index >= 15 is 0 Å². The molecular weight excluding hydrogens is 401 g/mol. The average molecular weight is 426 g/mol. The van der Waals surface area contributed by atoms with Crippen LogP contribution in [0.5, 0.6) is 5.75 Å². The Hall–Kier alpha value is -1.58. The van der Waals surface area contributed by atoms with Gasteiger partial charge in [-0.15, -0.1) is 0 Å². The van der Waals surface area contributed by atoms with Gasteiger partial charge in [-0.3, -0.25) is 0 Å². The number of hydrogen-bond acceptors (Lipinski definition) is 5. The van der Waals surface area contributed by atoms with Gasteiger partial charge in [-0.1, -0.05) is 11.8 Å². The van der Waals surface area contributed by atoms with Crippen LogP contribution in [-0.4, -0.2) is 53.9 Å². The molecule has 0 bridgehead atoms. The molecule has 9 heteroatoms. The van der Waals surface area contributed by atoms with E-state index in [4.69, 9.17) is 4.74 Å². The van der Waals surface area contributed by atoms with Gasteiger partial charge in [0, 0.05) is 50.1 Å². The van der Waals surface area contributed by atoms with Gasteiger partial charge in [-0.05, 0) is 37.1 Å². The number of benzene rings is 1. The number of alkyl halides is 1. The topological polar surface area (TPSA) is 64.4 Å². The highest BCUT2D eigenvalue weighted by Gasteiger charge is 2.36. The number of aromatic nitrogens is 2. The third-order valence-electron chi connectivity index (χ3n) is 5.54. The van der Waals surface area contributed by atoms with Gasteiger partial charge in [0.2, 0.25) is 10.0 Å². The fourth-order valence-electron chi connectivity index (χ4n) is 3.59. The number of imidazole rings is 1. The van der Waals surface area contributed by atoms with E-state index < -0.39 is 16.2 Å². The minimum Gasteiger partial charge on any atom is -0.493 e. The fraction of sp³-hybridized carbons (Fsp3) is 0.526. The van der Waals surface area contributed by atoms with E-state index in [1.54, 1.807) is 24.4 Å². The maximum Gasteiger partial charge on any atom is 0.243 e. The summed E-state index contributed by atoms with van der Waals surface area (Å²) < 4.78 is 49.4.